The molecule has 3 aromatic rings. The Morgan fingerprint density at radius 3 is 2.86 bits per heavy atom. The van der Waals surface area contributed by atoms with Gasteiger partial charge >= 0.3 is 0 Å². The minimum atomic E-state index is -0.282. The first-order valence-electron chi connectivity index (χ1n) is 6.90. The fourth-order valence-corrected chi connectivity index (χ4v) is 2.14. The summed E-state index contributed by atoms with van der Waals surface area (Å²) in [5.41, 5.74) is 3.57. The molecular formula is C16H15N5O. The standard InChI is InChI=1S/C16H15N5O/c1-11-5-4-6-12(9-11)14-15(20-21-19-14)16(22)18-10-13-7-2-3-8-17-13/h2-9H,10H2,1H3,(H,18,22)(H,19,20,21). The SMILES string of the molecule is Cc1cccc(-c2n[nH]nc2C(=O)NCc2ccccn2)c1. The minimum absolute atomic E-state index is 0.279. The van der Waals surface area contributed by atoms with Crippen LogP contribution >= 0.6 is 0 Å². The second-order valence-electron chi connectivity index (χ2n) is 4.89. The fraction of sp³-hybridized carbons (Fsp3) is 0.125. The van der Waals surface area contributed by atoms with Crippen LogP contribution in [0.25, 0.3) is 11.3 Å². The van der Waals surface area contributed by atoms with E-state index in [1.165, 1.54) is 0 Å². The Kier molecular flexibility index (Phi) is 3.91. The van der Waals surface area contributed by atoms with Crippen LogP contribution < -0.4 is 5.32 Å². The van der Waals surface area contributed by atoms with Gasteiger partial charge in [-0.1, -0.05) is 29.8 Å². The molecule has 6 heteroatoms. The van der Waals surface area contributed by atoms with Crippen molar-refractivity contribution in [3.63, 3.8) is 0 Å². The largest absolute Gasteiger partial charge is 0.345 e. The van der Waals surface area contributed by atoms with E-state index in [2.05, 4.69) is 25.7 Å². The summed E-state index contributed by atoms with van der Waals surface area (Å²) in [6, 6.07) is 13.3. The van der Waals surface area contributed by atoms with Gasteiger partial charge in [0.2, 0.25) is 0 Å². The van der Waals surface area contributed by atoms with Crippen molar-refractivity contribution >= 4 is 5.91 Å². The number of pyridine rings is 1. The van der Waals surface area contributed by atoms with Crippen molar-refractivity contribution in [3.8, 4) is 11.3 Å². The van der Waals surface area contributed by atoms with Crippen molar-refractivity contribution in [2.75, 3.05) is 0 Å². The van der Waals surface area contributed by atoms with E-state index >= 15 is 0 Å². The molecule has 0 unspecified atom stereocenters. The number of carbonyl (C=O) groups excluding carboxylic acids is 1. The van der Waals surface area contributed by atoms with Crippen LogP contribution in [0.15, 0.2) is 48.7 Å². The van der Waals surface area contributed by atoms with Gasteiger partial charge in [-0.15, -0.1) is 0 Å². The van der Waals surface area contributed by atoms with Crippen LogP contribution in [0.1, 0.15) is 21.7 Å². The molecule has 6 nitrogen and oxygen atoms in total. The molecule has 22 heavy (non-hydrogen) atoms. The third-order valence-corrected chi connectivity index (χ3v) is 3.21. The Morgan fingerprint density at radius 2 is 2.09 bits per heavy atom. The highest BCUT2D eigenvalue weighted by atomic mass is 16.2. The molecule has 3 rings (SSSR count). The first-order chi connectivity index (χ1) is 10.7. The second-order valence-corrected chi connectivity index (χ2v) is 4.89. The summed E-state index contributed by atoms with van der Waals surface area (Å²) in [7, 11) is 0. The highest BCUT2D eigenvalue weighted by molar-refractivity contribution is 5.97. The Labute approximate surface area is 127 Å². The van der Waals surface area contributed by atoms with Crippen molar-refractivity contribution in [2.24, 2.45) is 0 Å². The number of benzene rings is 1. The molecule has 0 saturated heterocycles. The maximum Gasteiger partial charge on any atom is 0.274 e. The van der Waals surface area contributed by atoms with Gasteiger partial charge in [0, 0.05) is 11.8 Å². The number of nitrogens with one attached hydrogen (secondary N) is 2. The second kappa shape index (κ2) is 6.17. The number of hydrogen-bond donors (Lipinski definition) is 2. The number of hydrogen-bond acceptors (Lipinski definition) is 4. The van der Waals surface area contributed by atoms with Gasteiger partial charge < -0.3 is 5.32 Å². The maximum absolute atomic E-state index is 12.3. The molecule has 0 aliphatic carbocycles. The molecule has 0 saturated carbocycles. The van der Waals surface area contributed by atoms with E-state index in [0.29, 0.717) is 12.2 Å². The number of aromatic amines is 1. The summed E-state index contributed by atoms with van der Waals surface area (Å²) in [5.74, 6) is -0.282. The summed E-state index contributed by atoms with van der Waals surface area (Å²) in [4.78, 5) is 16.5. The van der Waals surface area contributed by atoms with E-state index in [1.54, 1.807) is 6.20 Å². The molecule has 0 spiro atoms. The monoisotopic (exact) mass is 293 g/mol. The molecule has 2 heterocycles. The van der Waals surface area contributed by atoms with Crippen molar-refractivity contribution in [2.45, 2.75) is 13.5 Å². The normalized spacial score (nSPS) is 10.4. The highest BCUT2D eigenvalue weighted by Gasteiger charge is 2.17. The molecule has 0 aliphatic rings. The van der Waals surface area contributed by atoms with Gasteiger partial charge in [-0.2, -0.15) is 15.4 Å². The van der Waals surface area contributed by atoms with Crippen LogP contribution in [-0.4, -0.2) is 26.3 Å². The number of amides is 1. The van der Waals surface area contributed by atoms with Gasteiger partial charge in [0.05, 0.1) is 12.2 Å². The molecule has 2 N–H and O–H groups in total. The molecular weight excluding hydrogens is 278 g/mol. The number of aryl methyl sites for hydroxylation is 1. The summed E-state index contributed by atoms with van der Waals surface area (Å²) in [6.45, 7) is 2.34. The lowest BCUT2D eigenvalue weighted by molar-refractivity contribution is 0.0946. The Hall–Kier alpha value is -3.02. The van der Waals surface area contributed by atoms with E-state index in [0.717, 1.165) is 16.8 Å². The summed E-state index contributed by atoms with van der Waals surface area (Å²) in [6.07, 6.45) is 1.69. The molecule has 1 aromatic carbocycles. The fourth-order valence-electron chi connectivity index (χ4n) is 2.14. The zero-order valence-corrected chi connectivity index (χ0v) is 12.1. The molecule has 110 valence electrons. The topological polar surface area (TPSA) is 83.6 Å². The van der Waals surface area contributed by atoms with Crippen LogP contribution in [-0.2, 0) is 6.54 Å². The van der Waals surface area contributed by atoms with Crippen molar-refractivity contribution in [1.82, 2.24) is 25.7 Å². The first kappa shape index (κ1) is 13.9. The Bertz CT molecular complexity index is 782. The zero-order valence-electron chi connectivity index (χ0n) is 12.1. The lowest BCUT2D eigenvalue weighted by Gasteiger charge is -2.04. The van der Waals surface area contributed by atoms with Crippen LogP contribution in [0.3, 0.4) is 0 Å². The molecule has 0 aliphatic heterocycles. The van der Waals surface area contributed by atoms with Crippen molar-refractivity contribution < 1.29 is 4.79 Å². The average Bonchev–Trinajstić information content (AvgIpc) is 3.03. The van der Waals surface area contributed by atoms with Gasteiger partial charge in [0.15, 0.2) is 5.69 Å². The number of nitrogens with zero attached hydrogens (tertiary/aromatic N) is 3. The van der Waals surface area contributed by atoms with Crippen LogP contribution in [0.2, 0.25) is 0 Å². The lowest BCUT2D eigenvalue weighted by Crippen LogP contribution is -2.24. The van der Waals surface area contributed by atoms with E-state index in [1.807, 2.05) is 49.4 Å². The Balaban J connectivity index is 1.78. The van der Waals surface area contributed by atoms with Gasteiger partial charge in [-0.05, 0) is 25.1 Å². The third kappa shape index (κ3) is 3.01. The first-order valence-corrected chi connectivity index (χ1v) is 6.90. The van der Waals surface area contributed by atoms with Gasteiger partial charge in [-0.25, -0.2) is 0 Å². The number of H-pyrrole nitrogens is 1. The van der Waals surface area contributed by atoms with Crippen LogP contribution in [0.4, 0.5) is 0 Å². The van der Waals surface area contributed by atoms with E-state index < -0.39 is 0 Å². The zero-order chi connectivity index (χ0) is 15.4. The van der Waals surface area contributed by atoms with Gasteiger partial charge in [0.1, 0.15) is 5.69 Å². The van der Waals surface area contributed by atoms with Gasteiger partial charge in [0.25, 0.3) is 5.91 Å². The smallest absolute Gasteiger partial charge is 0.274 e. The maximum atomic E-state index is 12.3. The molecule has 0 atom stereocenters. The van der Waals surface area contributed by atoms with Crippen LogP contribution in [0, 0.1) is 6.92 Å². The lowest BCUT2D eigenvalue weighted by atomic mass is 10.1. The van der Waals surface area contributed by atoms with Crippen molar-refractivity contribution in [3.05, 3.63) is 65.6 Å². The molecule has 2 aromatic heterocycles. The molecule has 0 fully saturated rings. The molecule has 0 bridgehead atoms. The van der Waals surface area contributed by atoms with Crippen LogP contribution in [0.5, 0.6) is 0 Å². The average molecular weight is 293 g/mol. The van der Waals surface area contributed by atoms with E-state index in [9.17, 15) is 4.79 Å². The number of carbonyl (C=O) groups is 1. The summed E-state index contributed by atoms with van der Waals surface area (Å²) >= 11 is 0. The minimum Gasteiger partial charge on any atom is -0.345 e. The highest BCUT2D eigenvalue weighted by Crippen LogP contribution is 2.20. The summed E-state index contributed by atoms with van der Waals surface area (Å²) in [5, 5.41) is 13.4. The predicted octanol–water partition coefficient (Wildman–Crippen LogP) is 2.11. The quantitative estimate of drug-likeness (QED) is 0.771. The molecule has 1 amide bonds. The van der Waals surface area contributed by atoms with Crippen molar-refractivity contribution in [1.29, 1.82) is 0 Å². The van der Waals surface area contributed by atoms with Gasteiger partial charge in [-0.3, -0.25) is 9.78 Å². The third-order valence-electron chi connectivity index (χ3n) is 3.21. The summed E-state index contributed by atoms with van der Waals surface area (Å²) < 4.78 is 0. The number of rotatable bonds is 4. The number of aromatic nitrogens is 4. The Morgan fingerprint density at radius 1 is 1.18 bits per heavy atom. The predicted molar refractivity (Wildman–Crippen MR) is 82.0 cm³/mol. The molecule has 0 radical (unpaired) electrons. The van der Waals surface area contributed by atoms with E-state index in [4.69, 9.17) is 0 Å². The van der Waals surface area contributed by atoms with E-state index in [-0.39, 0.29) is 11.6 Å².